The number of benzene rings is 2. The summed E-state index contributed by atoms with van der Waals surface area (Å²) in [6.45, 7) is 10.3. The molecule has 0 radical (unpaired) electrons. The molecule has 2 aromatic carbocycles. The molecule has 1 saturated carbocycles. The molecule has 0 bridgehead atoms. The third-order valence-electron chi connectivity index (χ3n) is 7.28. The maximum Gasteiger partial charge on any atom is 0.368 e. The predicted molar refractivity (Wildman–Crippen MR) is 148 cm³/mol. The number of hydrogen-bond donors (Lipinski definition) is 0. The van der Waals surface area contributed by atoms with Gasteiger partial charge in [-0.15, -0.1) is 0 Å². The molecule has 0 aromatic heterocycles. The zero-order chi connectivity index (χ0) is 27.1. The topological polar surface area (TPSA) is 71.1 Å². The van der Waals surface area contributed by atoms with Crippen molar-refractivity contribution in [2.45, 2.75) is 65.4 Å². The van der Waals surface area contributed by atoms with Gasteiger partial charge in [-0.3, -0.25) is 4.57 Å². The number of hydrogen-bond acceptors (Lipinski definition) is 6. The van der Waals surface area contributed by atoms with Crippen LogP contribution in [-0.4, -0.2) is 32.4 Å². The molecule has 1 aliphatic rings. The zero-order valence-electron chi connectivity index (χ0n) is 22.9. The molecule has 0 unspecified atom stereocenters. The van der Waals surface area contributed by atoms with E-state index in [-0.39, 0.29) is 36.0 Å². The van der Waals surface area contributed by atoms with Crippen molar-refractivity contribution in [1.29, 1.82) is 0 Å². The number of carbonyl (C=O) groups is 1. The van der Waals surface area contributed by atoms with Crippen LogP contribution >= 0.6 is 7.60 Å². The first-order chi connectivity index (χ1) is 17.6. The minimum atomic E-state index is -3.92. The highest BCUT2D eigenvalue weighted by molar-refractivity contribution is 7.60. The number of rotatable bonds is 11. The van der Waals surface area contributed by atoms with Crippen LogP contribution in [0.3, 0.4) is 0 Å². The van der Waals surface area contributed by atoms with Crippen LogP contribution in [0, 0.1) is 11.8 Å². The summed E-state index contributed by atoms with van der Waals surface area (Å²) in [5, 5.41) is -0.0872. The molecule has 1 aliphatic carbocycles. The van der Waals surface area contributed by atoms with Gasteiger partial charge in [0.15, 0.2) is 0 Å². The van der Waals surface area contributed by atoms with Gasteiger partial charge in [0.25, 0.3) is 0 Å². The van der Waals surface area contributed by atoms with E-state index in [4.69, 9.17) is 18.5 Å². The second kappa shape index (κ2) is 12.9. The van der Waals surface area contributed by atoms with Gasteiger partial charge in [-0.05, 0) is 67.4 Å². The molecule has 0 amide bonds. The summed E-state index contributed by atoms with van der Waals surface area (Å²) in [6, 6.07) is 17.5. The molecule has 3 rings (SSSR count). The molecule has 6 nitrogen and oxygen atoms in total. The standard InChI is InChI=1S/C30H41O6P/c1-7-34-37(32,35-8-2)28(21-23-15-17-25(33-6)18-16-23)29(31)36-27-20-22(3)14-19-26(27)30(4,5)24-12-10-9-11-13-24/h9-13,15-18,21-22,26-27H,7-8,14,19-20H2,1-6H3/b28-21-/t22-,26-,27-/m1/s1. The van der Waals surface area contributed by atoms with Crippen LogP contribution in [0.1, 0.15) is 65.0 Å². The average molecular weight is 529 g/mol. The smallest absolute Gasteiger partial charge is 0.368 e. The molecule has 1 fully saturated rings. The molecule has 0 N–H and O–H groups in total. The van der Waals surface area contributed by atoms with Crippen molar-refractivity contribution in [3.05, 3.63) is 71.0 Å². The van der Waals surface area contributed by atoms with Crippen molar-refractivity contribution in [3.8, 4) is 5.75 Å². The molecule has 0 aliphatic heterocycles. The first-order valence-corrected chi connectivity index (χ1v) is 14.7. The van der Waals surface area contributed by atoms with E-state index in [0.717, 1.165) is 19.3 Å². The molecule has 3 atom stereocenters. The minimum Gasteiger partial charge on any atom is -0.497 e. The van der Waals surface area contributed by atoms with Gasteiger partial charge in [0.2, 0.25) is 0 Å². The summed E-state index contributed by atoms with van der Waals surface area (Å²) in [5.41, 5.74) is 1.67. The Morgan fingerprint density at radius 3 is 2.19 bits per heavy atom. The molecule has 0 heterocycles. The number of methoxy groups -OCH3 is 1. The van der Waals surface area contributed by atoms with Gasteiger partial charge in [0, 0.05) is 5.92 Å². The lowest BCUT2D eigenvalue weighted by atomic mass is 9.64. The predicted octanol–water partition coefficient (Wildman–Crippen LogP) is 7.63. The Hall–Kier alpha value is -2.40. The van der Waals surface area contributed by atoms with Gasteiger partial charge in [0.05, 0.1) is 20.3 Å². The Kier molecular flexibility index (Phi) is 10.2. The summed E-state index contributed by atoms with van der Waals surface area (Å²) < 4.78 is 36.5. The Labute approximate surface area is 221 Å². The SMILES string of the molecule is CCOP(=O)(OCC)/C(=C\c1ccc(OC)cc1)C(=O)O[C@@H]1C[C@H](C)CC[C@H]1C(C)(C)c1ccccc1. The Morgan fingerprint density at radius 2 is 1.62 bits per heavy atom. The van der Waals surface area contributed by atoms with Gasteiger partial charge >= 0.3 is 13.6 Å². The summed E-state index contributed by atoms with van der Waals surface area (Å²) in [4.78, 5) is 13.8. The maximum atomic E-state index is 13.8. The maximum absolute atomic E-state index is 13.8. The molecule has 37 heavy (non-hydrogen) atoms. The van der Waals surface area contributed by atoms with Crippen molar-refractivity contribution in [2.24, 2.45) is 11.8 Å². The average Bonchev–Trinajstić information content (AvgIpc) is 2.88. The van der Waals surface area contributed by atoms with E-state index in [2.05, 4.69) is 32.9 Å². The van der Waals surface area contributed by atoms with E-state index >= 15 is 0 Å². The number of ether oxygens (including phenoxy) is 2. The number of esters is 1. The third kappa shape index (κ3) is 7.13. The van der Waals surface area contributed by atoms with Crippen LogP contribution in [0.15, 0.2) is 59.9 Å². The lowest BCUT2D eigenvalue weighted by Gasteiger charge is -2.44. The number of carbonyl (C=O) groups excluding carboxylic acids is 1. The second-order valence-electron chi connectivity index (χ2n) is 10.2. The second-order valence-corrected chi connectivity index (χ2v) is 12.2. The minimum absolute atomic E-state index is 0.0872. The highest BCUT2D eigenvalue weighted by Gasteiger charge is 2.44. The molecular formula is C30H41O6P. The summed E-state index contributed by atoms with van der Waals surface area (Å²) in [5.74, 6) is 0.548. The van der Waals surface area contributed by atoms with E-state index in [1.807, 2.05) is 18.2 Å². The van der Waals surface area contributed by atoms with Crippen LogP contribution in [0.4, 0.5) is 0 Å². The fourth-order valence-corrected chi connectivity index (χ4v) is 6.80. The largest absolute Gasteiger partial charge is 0.497 e. The van der Waals surface area contributed by atoms with Crippen LogP contribution in [0.2, 0.25) is 0 Å². The van der Waals surface area contributed by atoms with E-state index in [1.54, 1.807) is 51.3 Å². The van der Waals surface area contributed by atoms with Gasteiger partial charge < -0.3 is 18.5 Å². The van der Waals surface area contributed by atoms with E-state index in [9.17, 15) is 9.36 Å². The first kappa shape index (κ1) is 29.2. The van der Waals surface area contributed by atoms with Crippen LogP contribution in [0.5, 0.6) is 5.75 Å². The lowest BCUT2D eigenvalue weighted by Crippen LogP contribution is -2.43. The zero-order valence-corrected chi connectivity index (χ0v) is 23.8. The van der Waals surface area contributed by atoms with Crippen LogP contribution < -0.4 is 4.74 Å². The quantitative estimate of drug-likeness (QED) is 0.170. The van der Waals surface area contributed by atoms with Gasteiger partial charge in [-0.25, -0.2) is 4.79 Å². The molecule has 202 valence electrons. The fourth-order valence-electron chi connectivity index (χ4n) is 5.19. The van der Waals surface area contributed by atoms with Gasteiger partial charge in [0.1, 0.15) is 17.2 Å². The third-order valence-corrected chi connectivity index (χ3v) is 9.38. The molecule has 2 aromatic rings. The molecular weight excluding hydrogens is 487 g/mol. The first-order valence-electron chi connectivity index (χ1n) is 13.2. The summed E-state index contributed by atoms with van der Waals surface area (Å²) >= 11 is 0. The van der Waals surface area contributed by atoms with E-state index in [0.29, 0.717) is 17.2 Å². The normalized spacial score (nSPS) is 20.9. The summed E-state index contributed by atoms with van der Waals surface area (Å²) in [6.07, 6.45) is 3.98. The Bertz CT molecular complexity index is 1080. The monoisotopic (exact) mass is 528 g/mol. The lowest BCUT2D eigenvalue weighted by molar-refractivity contribution is -0.151. The van der Waals surface area contributed by atoms with Crippen molar-refractivity contribution >= 4 is 19.6 Å². The summed E-state index contributed by atoms with van der Waals surface area (Å²) in [7, 11) is -2.33. The Balaban J connectivity index is 1.98. The van der Waals surface area contributed by atoms with Crippen molar-refractivity contribution in [2.75, 3.05) is 20.3 Å². The van der Waals surface area contributed by atoms with Crippen molar-refractivity contribution in [3.63, 3.8) is 0 Å². The van der Waals surface area contributed by atoms with Gasteiger partial charge in [-0.1, -0.05) is 69.7 Å². The molecule has 0 saturated heterocycles. The highest BCUT2D eigenvalue weighted by Crippen LogP contribution is 2.57. The highest BCUT2D eigenvalue weighted by atomic mass is 31.2. The van der Waals surface area contributed by atoms with Crippen molar-refractivity contribution < 1.29 is 27.9 Å². The Morgan fingerprint density at radius 1 is 1.00 bits per heavy atom. The van der Waals surface area contributed by atoms with E-state index < -0.39 is 13.6 Å². The van der Waals surface area contributed by atoms with Crippen molar-refractivity contribution in [1.82, 2.24) is 0 Å². The molecule has 0 spiro atoms. The van der Waals surface area contributed by atoms with E-state index in [1.165, 1.54) is 5.56 Å². The van der Waals surface area contributed by atoms with Crippen LogP contribution in [0.25, 0.3) is 6.08 Å². The molecule has 7 heteroatoms. The van der Waals surface area contributed by atoms with Crippen LogP contribution in [-0.2, 0) is 28.6 Å². The van der Waals surface area contributed by atoms with Gasteiger partial charge in [-0.2, -0.15) is 0 Å². The fraction of sp³-hybridized carbons (Fsp3) is 0.500.